The zero-order chi connectivity index (χ0) is 18.7. The number of Topliss-reactive ketones (excluding diaryl/α,β-unsaturated/α-hetero) is 1. The van der Waals surface area contributed by atoms with Crippen molar-refractivity contribution >= 4 is 54.5 Å². The van der Waals surface area contributed by atoms with Gasteiger partial charge in [-0.15, -0.1) is 0 Å². The highest BCUT2D eigenvalue weighted by Crippen LogP contribution is 2.18. The van der Waals surface area contributed by atoms with Gasteiger partial charge in [-0.1, -0.05) is 84.2 Å². The summed E-state index contributed by atoms with van der Waals surface area (Å²) in [6.07, 6.45) is 4.31. The number of hydrogen-bond acceptors (Lipinski definition) is 2. The van der Waals surface area contributed by atoms with Crippen molar-refractivity contribution in [1.29, 1.82) is 0 Å². The Hall–Kier alpha value is -0.190. The summed E-state index contributed by atoms with van der Waals surface area (Å²) in [6.45, 7) is 8.24. The molecule has 0 aliphatic carbocycles. The van der Waals surface area contributed by atoms with Gasteiger partial charge in [0.15, 0.2) is 5.78 Å². The number of halogens is 3. The molecule has 0 bridgehead atoms. The van der Waals surface area contributed by atoms with Gasteiger partial charge in [0.25, 0.3) is 0 Å². The summed E-state index contributed by atoms with van der Waals surface area (Å²) < 4.78 is 0. The average molecular weight is 499 g/mol. The summed E-state index contributed by atoms with van der Waals surface area (Å²) in [5, 5.41) is -0.299. The molecule has 2 nitrogen and oxygen atoms in total. The lowest BCUT2D eigenvalue weighted by Gasteiger charge is -2.11. The Morgan fingerprint density at radius 2 is 1.44 bits per heavy atom. The number of rotatable bonds is 8. The highest BCUT2D eigenvalue weighted by Gasteiger charge is 2.16. The monoisotopic (exact) mass is 496 g/mol. The molecular weight excluding hydrogens is 467 g/mol. The van der Waals surface area contributed by atoms with Crippen LogP contribution in [-0.4, -0.2) is 20.7 Å². The van der Waals surface area contributed by atoms with Crippen LogP contribution in [0.15, 0.2) is 18.2 Å². The van der Waals surface area contributed by atoms with E-state index < -0.39 is 0 Å². The number of benzene rings is 1. The van der Waals surface area contributed by atoms with E-state index in [9.17, 15) is 9.59 Å². The maximum Gasteiger partial charge on any atom is 0.235 e. The number of alkyl halides is 2. The molecule has 1 aromatic carbocycles. The summed E-state index contributed by atoms with van der Waals surface area (Å²) in [7, 11) is 0. The van der Waals surface area contributed by atoms with E-state index >= 15 is 0 Å². The van der Waals surface area contributed by atoms with Crippen molar-refractivity contribution in [2.24, 2.45) is 0 Å². The molecule has 0 saturated heterocycles. The van der Waals surface area contributed by atoms with Gasteiger partial charge in [0, 0.05) is 6.42 Å². The zero-order valence-corrected chi connectivity index (χ0v) is 18.8. The third-order valence-corrected chi connectivity index (χ3v) is 6.04. The number of carbonyl (C=O) groups excluding carboxylic acids is 2. The number of hydrogen-bond donors (Lipinski definition) is 0. The quantitative estimate of drug-likeness (QED) is 0.288. The maximum atomic E-state index is 12.0. The molecule has 0 amide bonds. The van der Waals surface area contributed by atoms with E-state index in [1.807, 2.05) is 13.0 Å². The van der Waals surface area contributed by atoms with E-state index in [1.165, 1.54) is 16.7 Å². The minimum Gasteiger partial charge on any atom is -0.298 e. The zero-order valence-electron chi connectivity index (χ0n) is 14.9. The van der Waals surface area contributed by atoms with E-state index in [-0.39, 0.29) is 22.3 Å². The van der Waals surface area contributed by atoms with Crippen molar-refractivity contribution in [3.05, 3.63) is 34.9 Å². The molecule has 0 aliphatic heterocycles. The molecule has 0 spiro atoms. The second-order valence-corrected chi connectivity index (χ2v) is 8.41. The van der Waals surface area contributed by atoms with Crippen LogP contribution in [0.4, 0.5) is 0 Å². The Balaban J connectivity index is 0. The third-order valence-electron chi connectivity index (χ3n) is 3.68. The maximum absolute atomic E-state index is 12.0. The van der Waals surface area contributed by atoms with Crippen LogP contribution in [0.5, 0.6) is 0 Å². The molecule has 0 fully saturated rings. The molecule has 0 heterocycles. The number of aryl methyl sites for hydroxylation is 2. The van der Waals surface area contributed by atoms with Crippen LogP contribution in [0.2, 0.25) is 0 Å². The summed E-state index contributed by atoms with van der Waals surface area (Å²) >= 11 is 11.7. The van der Waals surface area contributed by atoms with Crippen molar-refractivity contribution in [2.75, 3.05) is 0 Å². The van der Waals surface area contributed by atoms with Crippen LogP contribution in [0.25, 0.3) is 0 Å². The summed E-state index contributed by atoms with van der Waals surface area (Å²) in [6, 6.07) is 6.17. The van der Waals surface area contributed by atoms with Gasteiger partial charge in [-0.3, -0.25) is 9.59 Å². The lowest BCUT2D eigenvalue weighted by atomic mass is 9.96. The molecule has 0 aliphatic rings. The fourth-order valence-electron chi connectivity index (χ4n) is 2.19. The van der Waals surface area contributed by atoms with Gasteiger partial charge in [0.2, 0.25) is 5.24 Å². The normalized spacial score (nSPS) is 12.3. The smallest absolute Gasteiger partial charge is 0.235 e. The fourth-order valence-corrected chi connectivity index (χ4v) is 3.38. The molecule has 0 radical (unpaired) electrons. The lowest BCUT2D eigenvalue weighted by molar-refractivity contribution is -0.118. The van der Waals surface area contributed by atoms with E-state index in [1.54, 1.807) is 0 Å². The Bertz CT molecular complexity index is 512. The van der Waals surface area contributed by atoms with Crippen LogP contribution < -0.4 is 0 Å². The minimum absolute atomic E-state index is 0. The highest BCUT2D eigenvalue weighted by atomic mass is 79.9. The SMILES string of the molecule is C.CCCC(Br)C(=O)Cc1c(C)cccc1C.CCCC(Br)C(=O)Cl. The predicted octanol–water partition coefficient (Wildman–Crippen LogP) is 6.93. The first-order chi connectivity index (χ1) is 11.2. The largest absolute Gasteiger partial charge is 0.298 e. The molecule has 0 saturated carbocycles. The Morgan fingerprint density at radius 1 is 1.00 bits per heavy atom. The van der Waals surface area contributed by atoms with Gasteiger partial charge >= 0.3 is 0 Å². The van der Waals surface area contributed by atoms with Gasteiger partial charge in [-0.2, -0.15) is 0 Å². The topological polar surface area (TPSA) is 34.1 Å². The molecule has 144 valence electrons. The molecule has 5 heteroatoms. The van der Waals surface area contributed by atoms with Crippen molar-refractivity contribution in [1.82, 2.24) is 0 Å². The molecular formula is C20H31Br2ClO2. The first kappa shape index (κ1) is 27.0. The summed E-state index contributed by atoms with van der Waals surface area (Å²) in [5.74, 6) is 0.291. The first-order valence-electron chi connectivity index (χ1n) is 8.29. The molecule has 0 aromatic heterocycles. The van der Waals surface area contributed by atoms with Gasteiger partial charge in [0.05, 0.1) is 9.65 Å². The molecule has 1 aromatic rings. The van der Waals surface area contributed by atoms with Gasteiger partial charge in [-0.25, -0.2) is 0 Å². The van der Waals surface area contributed by atoms with Crippen LogP contribution in [-0.2, 0) is 16.0 Å². The first-order valence-corrected chi connectivity index (χ1v) is 10.5. The average Bonchev–Trinajstić information content (AvgIpc) is 2.52. The van der Waals surface area contributed by atoms with Crippen LogP contribution >= 0.6 is 43.5 Å². The van der Waals surface area contributed by atoms with Crippen molar-refractivity contribution in [3.63, 3.8) is 0 Å². The fraction of sp³-hybridized carbons (Fsp3) is 0.600. The summed E-state index contributed by atoms with van der Waals surface area (Å²) in [4.78, 5) is 22.1. The molecule has 0 N–H and O–H groups in total. The number of carbonyl (C=O) groups is 2. The summed E-state index contributed by atoms with van der Waals surface area (Å²) in [5.41, 5.74) is 3.61. The highest BCUT2D eigenvalue weighted by molar-refractivity contribution is 9.10. The Morgan fingerprint density at radius 3 is 1.80 bits per heavy atom. The van der Waals surface area contributed by atoms with Crippen LogP contribution in [0.1, 0.15) is 63.6 Å². The third kappa shape index (κ3) is 11.2. The van der Waals surface area contributed by atoms with E-state index in [0.717, 1.165) is 25.7 Å². The molecule has 2 unspecified atom stereocenters. The molecule has 2 atom stereocenters. The van der Waals surface area contributed by atoms with Gasteiger partial charge in [-0.05, 0) is 55.0 Å². The second-order valence-electron chi connectivity index (χ2n) is 5.83. The second kappa shape index (κ2) is 14.9. The van der Waals surface area contributed by atoms with Crippen LogP contribution in [0.3, 0.4) is 0 Å². The molecule has 25 heavy (non-hydrogen) atoms. The molecule has 1 rings (SSSR count). The van der Waals surface area contributed by atoms with Crippen molar-refractivity contribution in [2.45, 2.75) is 76.9 Å². The van der Waals surface area contributed by atoms with Gasteiger partial charge in [0.1, 0.15) is 0 Å². The van der Waals surface area contributed by atoms with E-state index in [4.69, 9.17) is 11.6 Å². The van der Waals surface area contributed by atoms with E-state index in [0.29, 0.717) is 12.2 Å². The number of ketones is 1. The van der Waals surface area contributed by atoms with Gasteiger partial charge < -0.3 is 0 Å². The van der Waals surface area contributed by atoms with Crippen molar-refractivity contribution in [3.8, 4) is 0 Å². The minimum atomic E-state index is -0.299. The predicted molar refractivity (Wildman–Crippen MR) is 117 cm³/mol. The van der Waals surface area contributed by atoms with E-state index in [2.05, 4.69) is 64.8 Å². The van der Waals surface area contributed by atoms with Crippen molar-refractivity contribution < 1.29 is 9.59 Å². The standard InChI is InChI=1S/C14H19BrO.C5H8BrClO.CH4/c1-4-6-13(15)14(16)9-12-10(2)7-5-8-11(12)3;1-2-3-4(6)5(7)8;/h5,7-8,13H,4,6,9H2,1-3H3;4H,2-3H2,1H3;1H4. The lowest BCUT2D eigenvalue weighted by Crippen LogP contribution is -2.17. The van der Waals surface area contributed by atoms with Crippen LogP contribution in [0, 0.1) is 13.8 Å². The Labute approximate surface area is 175 Å². The Kier molecular flexibility index (Phi) is 16.1.